The Labute approximate surface area is 206 Å². The molecule has 33 heavy (non-hydrogen) atoms. The van der Waals surface area contributed by atoms with Gasteiger partial charge >= 0.3 is 0 Å². The summed E-state index contributed by atoms with van der Waals surface area (Å²) in [5, 5.41) is 0. The summed E-state index contributed by atoms with van der Waals surface area (Å²) < 4.78 is 6.62. The Kier molecular flexibility index (Phi) is 5.69. The average Bonchev–Trinajstić information content (AvgIpc) is 3.23. The number of carbonyl (C=O) groups excluding carboxylic acids is 1. The molecule has 3 aromatic carbocycles. The SMILES string of the molecule is CCOc1ccc2c(c1)-c1c(ssc1=S)C(C)(C)N2C(=O)c1ccc(-c2ccccc2)cc1. The Bertz CT molecular complexity index is 1390. The van der Waals surface area contributed by atoms with Crippen molar-refractivity contribution < 1.29 is 9.53 Å². The van der Waals surface area contributed by atoms with Crippen molar-refractivity contribution in [3.05, 3.63) is 87.1 Å². The van der Waals surface area contributed by atoms with E-state index in [1.165, 1.54) is 0 Å². The van der Waals surface area contributed by atoms with E-state index in [1.54, 1.807) is 20.7 Å². The summed E-state index contributed by atoms with van der Waals surface area (Å²) in [6.45, 7) is 6.74. The van der Waals surface area contributed by atoms with E-state index in [1.807, 2.05) is 72.5 Å². The second-order valence-corrected chi connectivity index (χ2v) is 11.2. The molecular formula is C27H23NO2S3. The van der Waals surface area contributed by atoms with Crippen molar-refractivity contribution in [2.75, 3.05) is 11.5 Å². The molecular weight excluding hydrogens is 467 g/mol. The minimum atomic E-state index is -0.525. The van der Waals surface area contributed by atoms with Crippen molar-refractivity contribution in [3.63, 3.8) is 0 Å². The zero-order valence-corrected chi connectivity index (χ0v) is 21.1. The van der Waals surface area contributed by atoms with Gasteiger partial charge < -0.3 is 4.74 Å². The standard InChI is InChI=1S/C27H23NO2S3/c1-4-30-20-14-15-22-21(16-20)23-24(32-33-26(23)31)27(2,3)28(22)25(29)19-12-10-18(11-13-19)17-8-6-5-7-9-17/h5-16H,4H2,1-3H3. The molecule has 1 amide bonds. The molecule has 1 aliphatic heterocycles. The maximum absolute atomic E-state index is 13.9. The molecule has 0 saturated carbocycles. The maximum atomic E-state index is 13.9. The molecule has 1 aliphatic rings. The Morgan fingerprint density at radius 1 is 0.970 bits per heavy atom. The second kappa shape index (κ2) is 8.52. The molecule has 2 heterocycles. The molecule has 0 radical (unpaired) electrons. The van der Waals surface area contributed by atoms with Gasteiger partial charge in [-0.15, -0.1) is 0 Å². The van der Waals surface area contributed by atoms with Crippen LogP contribution in [0.4, 0.5) is 5.69 Å². The van der Waals surface area contributed by atoms with Crippen molar-refractivity contribution in [2.45, 2.75) is 26.3 Å². The van der Waals surface area contributed by atoms with E-state index in [-0.39, 0.29) is 5.91 Å². The molecule has 6 heteroatoms. The van der Waals surface area contributed by atoms with Crippen LogP contribution in [0.1, 0.15) is 36.0 Å². The highest BCUT2D eigenvalue weighted by molar-refractivity contribution is 7.80. The zero-order valence-electron chi connectivity index (χ0n) is 18.6. The first kappa shape index (κ1) is 22.0. The highest BCUT2D eigenvalue weighted by Gasteiger charge is 2.43. The van der Waals surface area contributed by atoms with Crippen LogP contribution in [-0.4, -0.2) is 12.5 Å². The van der Waals surface area contributed by atoms with Gasteiger partial charge in [0, 0.05) is 16.7 Å². The summed E-state index contributed by atoms with van der Waals surface area (Å²) in [7, 11) is 3.25. The smallest absolute Gasteiger partial charge is 0.259 e. The lowest BCUT2D eigenvalue weighted by Gasteiger charge is -2.43. The van der Waals surface area contributed by atoms with Crippen LogP contribution >= 0.6 is 32.9 Å². The van der Waals surface area contributed by atoms with E-state index in [2.05, 4.69) is 26.0 Å². The van der Waals surface area contributed by atoms with Crippen molar-refractivity contribution in [2.24, 2.45) is 0 Å². The van der Waals surface area contributed by atoms with Crippen molar-refractivity contribution in [1.29, 1.82) is 0 Å². The lowest BCUT2D eigenvalue weighted by atomic mass is 9.86. The van der Waals surface area contributed by atoms with Gasteiger partial charge in [-0.05, 0) is 62.2 Å². The number of anilines is 1. The molecule has 5 rings (SSSR count). The Hall–Kier alpha value is -2.80. The van der Waals surface area contributed by atoms with Gasteiger partial charge in [-0.1, -0.05) is 75.4 Å². The molecule has 0 bridgehead atoms. The number of fused-ring (bicyclic) bond motifs is 3. The number of nitrogens with zero attached hydrogens (tertiary/aromatic N) is 1. The first-order valence-electron chi connectivity index (χ1n) is 10.8. The zero-order chi connectivity index (χ0) is 23.2. The Morgan fingerprint density at radius 2 is 1.67 bits per heavy atom. The van der Waals surface area contributed by atoms with Crippen LogP contribution < -0.4 is 9.64 Å². The highest BCUT2D eigenvalue weighted by Crippen LogP contribution is 2.53. The number of benzene rings is 3. The van der Waals surface area contributed by atoms with Crippen molar-refractivity contribution in [3.8, 4) is 28.0 Å². The number of rotatable bonds is 4. The Balaban J connectivity index is 1.60. The van der Waals surface area contributed by atoms with E-state index in [4.69, 9.17) is 17.0 Å². The van der Waals surface area contributed by atoms with Gasteiger partial charge in [-0.2, -0.15) is 0 Å². The van der Waals surface area contributed by atoms with Gasteiger partial charge in [0.2, 0.25) is 0 Å². The van der Waals surface area contributed by atoms with E-state index < -0.39 is 5.54 Å². The monoisotopic (exact) mass is 489 g/mol. The van der Waals surface area contributed by atoms with Crippen LogP contribution in [0.3, 0.4) is 0 Å². The largest absolute Gasteiger partial charge is 0.494 e. The molecule has 0 unspecified atom stereocenters. The summed E-state index contributed by atoms with van der Waals surface area (Å²) in [5.41, 5.74) is 5.24. The summed E-state index contributed by atoms with van der Waals surface area (Å²) in [6, 6.07) is 24.0. The predicted molar refractivity (Wildman–Crippen MR) is 141 cm³/mol. The molecule has 0 aliphatic carbocycles. The van der Waals surface area contributed by atoms with E-state index >= 15 is 0 Å². The maximum Gasteiger partial charge on any atom is 0.259 e. The van der Waals surface area contributed by atoms with E-state index in [0.29, 0.717) is 12.2 Å². The van der Waals surface area contributed by atoms with Crippen molar-refractivity contribution in [1.82, 2.24) is 0 Å². The molecule has 0 N–H and O–H groups in total. The van der Waals surface area contributed by atoms with Crippen molar-refractivity contribution >= 4 is 44.5 Å². The first-order valence-corrected chi connectivity index (χ1v) is 13.4. The van der Waals surface area contributed by atoms with Gasteiger partial charge in [-0.3, -0.25) is 9.69 Å². The molecule has 166 valence electrons. The van der Waals surface area contributed by atoms with Gasteiger partial charge in [0.1, 0.15) is 9.57 Å². The van der Waals surface area contributed by atoms with E-state index in [9.17, 15) is 4.79 Å². The third kappa shape index (κ3) is 3.72. The predicted octanol–water partition coefficient (Wildman–Crippen LogP) is 8.17. The fourth-order valence-electron chi connectivity index (χ4n) is 4.39. The van der Waals surface area contributed by atoms with Crippen LogP contribution in [0.25, 0.3) is 22.3 Å². The Morgan fingerprint density at radius 3 is 2.36 bits per heavy atom. The summed E-state index contributed by atoms with van der Waals surface area (Å²) in [5.74, 6) is 0.757. The normalized spacial score (nSPS) is 13.8. The minimum absolute atomic E-state index is 0.0278. The molecule has 0 saturated heterocycles. The van der Waals surface area contributed by atoms with Gasteiger partial charge in [0.15, 0.2) is 0 Å². The number of hydrogen-bond donors (Lipinski definition) is 0. The molecule has 0 spiro atoms. The molecule has 1 aromatic heterocycles. The molecule has 0 atom stereocenters. The summed E-state index contributed by atoms with van der Waals surface area (Å²) >= 11 is 5.70. The lowest BCUT2D eigenvalue weighted by molar-refractivity contribution is 0.0961. The van der Waals surface area contributed by atoms with Gasteiger partial charge in [0.05, 0.1) is 22.7 Å². The van der Waals surface area contributed by atoms with Gasteiger partial charge in [0.25, 0.3) is 5.91 Å². The van der Waals surface area contributed by atoms with Crippen LogP contribution in [0.15, 0.2) is 72.8 Å². The number of amides is 1. The summed E-state index contributed by atoms with van der Waals surface area (Å²) in [4.78, 5) is 17.0. The van der Waals surface area contributed by atoms with Gasteiger partial charge in [-0.25, -0.2) is 0 Å². The highest BCUT2D eigenvalue weighted by atomic mass is 32.9. The fourth-order valence-corrected chi connectivity index (χ4v) is 7.67. The number of carbonyl (C=O) groups is 1. The molecule has 3 nitrogen and oxygen atoms in total. The van der Waals surface area contributed by atoms with Crippen LogP contribution in [0.2, 0.25) is 0 Å². The third-order valence-corrected chi connectivity index (χ3v) is 9.31. The third-order valence-electron chi connectivity index (χ3n) is 5.98. The topological polar surface area (TPSA) is 29.5 Å². The van der Waals surface area contributed by atoms with Crippen LogP contribution in [-0.2, 0) is 5.54 Å². The van der Waals surface area contributed by atoms with Crippen LogP contribution in [0.5, 0.6) is 5.75 Å². The van der Waals surface area contributed by atoms with Crippen LogP contribution in [0, 0.1) is 3.82 Å². The lowest BCUT2D eigenvalue weighted by Crippen LogP contribution is -2.47. The molecule has 4 aromatic rings. The summed E-state index contributed by atoms with van der Waals surface area (Å²) in [6.07, 6.45) is 0. The second-order valence-electron chi connectivity index (χ2n) is 8.41. The average molecular weight is 490 g/mol. The number of hydrogen-bond acceptors (Lipinski definition) is 5. The minimum Gasteiger partial charge on any atom is -0.494 e. The number of ether oxygens (including phenoxy) is 1. The fraction of sp³-hybridized carbons (Fsp3) is 0.185. The quantitative estimate of drug-likeness (QED) is 0.214. The van der Waals surface area contributed by atoms with E-state index in [0.717, 1.165) is 42.4 Å². The molecule has 0 fully saturated rings. The first-order chi connectivity index (χ1) is 15.9.